The van der Waals surface area contributed by atoms with Crippen LogP contribution >= 0.6 is 11.6 Å². The first kappa shape index (κ1) is 15.9. The molecule has 1 heterocycles. The van der Waals surface area contributed by atoms with Gasteiger partial charge in [0.15, 0.2) is 0 Å². The fourth-order valence-electron chi connectivity index (χ4n) is 2.36. The van der Waals surface area contributed by atoms with Gasteiger partial charge in [0, 0.05) is 13.6 Å². The van der Waals surface area contributed by atoms with Crippen LogP contribution < -0.4 is 4.31 Å². The second kappa shape index (κ2) is 5.69. The number of anilines is 1. The molecule has 0 saturated heterocycles. The normalized spacial score (nSPS) is 11.7. The van der Waals surface area contributed by atoms with E-state index in [1.54, 1.807) is 56.8 Å². The van der Waals surface area contributed by atoms with Gasteiger partial charge in [0.05, 0.1) is 22.1 Å². The summed E-state index contributed by atoms with van der Waals surface area (Å²) < 4.78 is 28.9. The number of hydrogen-bond donors (Lipinski definition) is 0. The summed E-state index contributed by atoms with van der Waals surface area (Å²) in [6.45, 7) is 5.51. The van der Waals surface area contributed by atoms with Crippen molar-refractivity contribution in [3.63, 3.8) is 0 Å². The van der Waals surface area contributed by atoms with Crippen LogP contribution in [0.15, 0.2) is 29.2 Å². The topological polar surface area (TPSA) is 55.2 Å². The molecule has 1 aromatic carbocycles. The van der Waals surface area contributed by atoms with E-state index < -0.39 is 10.0 Å². The van der Waals surface area contributed by atoms with Crippen LogP contribution in [0.2, 0.25) is 5.02 Å². The maximum absolute atomic E-state index is 13.0. The number of rotatable bonds is 4. The maximum Gasteiger partial charge on any atom is 0.268 e. The zero-order chi connectivity index (χ0) is 15.8. The van der Waals surface area contributed by atoms with Crippen molar-refractivity contribution in [2.75, 3.05) is 10.8 Å². The number of para-hydroxylation sites is 1. The summed E-state index contributed by atoms with van der Waals surface area (Å²) in [6, 6.07) is 6.91. The molecule has 0 unspecified atom stereocenters. The molecule has 0 fully saturated rings. The van der Waals surface area contributed by atoms with E-state index in [9.17, 15) is 8.42 Å². The van der Waals surface area contributed by atoms with Crippen molar-refractivity contribution in [3.8, 4) is 0 Å². The third-order valence-electron chi connectivity index (χ3n) is 3.40. The van der Waals surface area contributed by atoms with Crippen LogP contribution in [0.1, 0.15) is 18.3 Å². The highest BCUT2D eigenvalue weighted by Gasteiger charge is 2.30. The molecule has 21 heavy (non-hydrogen) atoms. The largest absolute Gasteiger partial charge is 0.271 e. The van der Waals surface area contributed by atoms with Crippen molar-refractivity contribution in [3.05, 3.63) is 40.7 Å². The average Bonchev–Trinajstić information content (AvgIpc) is 2.66. The lowest BCUT2D eigenvalue weighted by molar-refractivity contribution is 0.590. The zero-order valence-corrected chi connectivity index (χ0v) is 14.0. The van der Waals surface area contributed by atoms with Gasteiger partial charge in [-0.3, -0.25) is 8.99 Å². The molecule has 0 radical (unpaired) electrons. The van der Waals surface area contributed by atoms with Gasteiger partial charge in [0.2, 0.25) is 0 Å². The maximum atomic E-state index is 13.0. The van der Waals surface area contributed by atoms with Gasteiger partial charge in [-0.15, -0.1) is 0 Å². The average molecular weight is 328 g/mol. The summed E-state index contributed by atoms with van der Waals surface area (Å²) >= 11 is 6.15. The highest BCUT2D eigenvalue weighted by Crippen LogP contribution is 2.32. The Morgan fingerprint density at radius 3 is 2.38 bits per heavy atom. The van der Waals surface area contributed by atoms with E-state index in [-0.39, 0.29) is 4.90 Å². The molecular weight excluding hydrogens is 310 g/mol. The monoisotopic (exact) mass is 327 g/mol. The second-order valence-corrected chi connectivity index (χ2v) is 6.95. The zero-order valence-electron chi connectivity index (χ0n) is 12.5. The Hall–Kier alpha value is -1.53. The minimum Gasteiger partial charge on any atom is -0.271 e. The quantitative estimate of drug-likeness (QED) is 0.867. The Morgan fingerprint density at radius 1 is 1.29 bits per heavy atom. The Labute approximate surface area is 130 Å². The first-order valence-electron chi connectivity index (χ1n) is 6.58. The van der Waals surface area contributed by atoms with E-state index in [4.69, 9.17) is 11.6 Å². The van der Waals surface area contributed by atoms with E-state index >= 15 is 0 Å². The molecule has 0 aliphatic rings. The van der Waals surface area contributed by atoms with Crippen LogP contribution in [-0.2, 0) is 17.1 Å². The molecule has 0 bridgehead atoms. The van der Waals surface area contributed by atoms with Crippen molar-refractivity contribution in [1.29, 1.82) is 0 Å². The highest BCUT2D eigenvalue weighted by atomic mass is 35.5. The number of nitrogens with zero attached hydrogens (tertiary/aromatic N) is 3. The molecule has 0 aliphatic heterocycles. The highest BCUT2D eigenvalue weighted by molar-refractivity contribution is 7.93. The third kappa shape index (κ3) is 2.65. The minimum absolute atomic E-state index is 0.242. The SMILES string of the molecule is CCN(c1ccccc1Cl)S(=O)(=O)c1c(C)nn(C)c1C. The second-order valence-electron chi connectivity index (χ2n) is 4.74. The van der Waals surface area contributed by atoms with Crippen molar-refractivity contribution in [2.45, 2.75) is 25.7 Å². The van der Waals surface area contributed by atoms with E-state index in [0.29, 0.717) is 28.6 Å². The molecule has 2 rings (SSSR count). The number of hydrogen-bond acceptors (Lipinski definition) is 3. The summed E-state index contributed by atoms with van der Waals surface area (Å²) in [7, 11) is -1.97. The molecule has 7 heteroatoms. The van der Waals surface area contributed by atoms with Gasteiger partial charge in [0.25, 0.3) is 10.0 Å². The fraction of sp³-hybridized carbons (Fsp3) is 0.357. The molecule has 1 aromatic heterocycles. The van der Waals surface area contributed by atoms with E-state index in [1.165, 1.54) is 4.31 Å². The van der Waals surface area contributed by atoms with E-state index in [1.807, 2.05) is 0 Å². The third-order valence-corrected chi connectivity index (χ3v) is 5.86. The first-order valence-corrected chi connectivity index (χ1v) is 8.40. The van der Waals surface area contributed by atoms with Crippen LogP contribution in [-0.4, -0.2) is 24.7 Å². The molecule has 0 saturated carbocycles. The van der Waals surface area contributed by atoms with Gasteiger partial charge >= 0.3 is 0 Å². The van der Waals surface area contributed by atoms with Crippen LogP contribution in [0.4, 0.5) is 5.69 Å². The molecule has 5 nitrogen and oxygen atoms in total. The Morgan fingerprint density at radius 2 is 1.90 bits per heavy atom. The number of aromatic nitrogens is 2. The van der Waals surface area contributed by atoms with Gasteiger partial charge in [-0.05, 0) is 32.9 Å². The Kier molecular flexibility index (Phi) is 4.30. The summed E-state index contributed by atoms with van der Waals surface area (Å²) in [5, 5.41) is 4.59. The number of halogens is 1. The van der Waals surface area contributed by atoms with Crippen LogP contribution in [0.3, 0.4) is 0 Å². The summed E-state index contributed by atoms with van der Waals surface area (Å²) in [6.07, 6.45) is 0. The van der Waals surface area contributed by atoms with Crippen LogP contribution in [0, 0.1) is 13.8 Å². The predicted molar refractivity (Wildman–Crippen MR) is 84.3 cm³/mol. The van der Waals surface area contributed by atoms with Crippen molar-refractivity contribution >= 4 is 27.3 Å². The number of aryl methyl sites for hydroxylation is 2. The van der Waals surface area contributed by atoms with Crippen LogP contribution in [0.25, 0.3) is 0 Å². The van der Waals surface area contributed by atoms with E-state index in [2.05, 4.69) is 5.10 Å². The smallest absolute Gasteiger partial charge is 0.268 e. The summed E-state index contributed by atoms with van der Waals surface area (Å²) in [5.74, 6) is 0. The Balaban J connectivity index is 2.64. The molecule has 0 amide bonds. The lowest BCUT2D eigenvalue weighted by Crippen LogP contribution is -2.31. The number of sulfonamides is 1. The molecular formula is C14H18ClN3O2S. The lowest BCUT2D eigenvalue weighted by atomic mass is 10.3. The van der Waals surface area contributed by atoms with Gasteiger partial charge < -0.3 is 0 Å². The molecule has 0 atom stereocenters. The van der Waals surface area contributed by atoms with Crippen molar-refractivity contribution in [1.82, 2.24) is 9.78 Å². The van der Waals surface area contributed by atoms with E-state index in [0.717, 1.165) is 0 Å². The van der Waals surface area contributed by atoms with Crippen molar-refractivity contribution in [2.24, 2.45) is 7.05 Å². The summed E-state index contributed by atoms with van der Waals surface area (Å²) in [5.41, 5.74) is 1.57. The van der Waals surface area contributed by atoms with Gasteiger partial charge in [-0.2, -0.15) is 5.10 Å². The fourth-order valence-corrected chi connectivity index (χ4v) is 4.55. The molecule has 0 aliphatic carbocycles. The summed E-state index contributed by atoms with van der Waals surface area (Å²) in [4.78, 5) is 0.242. The van der Waals surface area contributed by atoms with Gasteiger partial charge in [0.1, 0.15) is 4.90 Å². The van der Waals surface area contributed by atoms with Gasteiger partial charge in [-0.25, -0.2) is 8.42 Å². The molecule has 0 spiro atoms. The van der Waals surface area contributed by atoms with Crippen molar-refractivity contribution < 1.29 is 8.42 Å². The minimum atomic E-state index is -3.70. The predicted octanol–water partition coefficient (Wildman–Crippen LogP) is 2.91. The lowest BCUT2D eigenvalue weighted by Gasteiger charge is -2.24. The molecule has 0 N–H and O–H groups in total. The van der Waals surface area contributed by atoms with Crippen LogP contribution in [0.5, 0.6) is 0 Å². The van der Waals surface area contributed by atoms with Gasteiger partial charge in [-0.1, -0.05) is 23.7 Å². The Bertz CT molecular complexity index is 769. The molecule has 114 valence electrons. The molecule has 2 aromatic rings. The number of benzene rings is 1. The standard InChI is InChI=1S/C14H18ClN3O2S/c1-5-18(13-9-7-6-8-12(13)15)21(19,20)14-10(2)16-17(4)11(14)3/h6-9H,5H2,1-4H3. The first-order chi connectivity index (χ1) is 9.80.